The van der Waals surface area contributed by atoms with Gasteiger partial charge in [-0.05, 0) is 131 Å². The number of likely N-dealkylation sites (tertiary alicyclic amines) is 1. The van der Waals surface area contributed by atoms with Crippen molar-refractivity contribution in [1.82, 2.24) is 52.8 Å². The topological polar surface area (TPSA) is 591 Å². The lowest BCUT2D eigenvalue weighted by atomic mass is 9.96. The SMILES string of the molecule is CC[C@H](C)[C@H](NC(=O)[C@H](CCCN=C(N)N)NC(=O)[C@H](CCCN=C(N)N)NC(=O)[C@H](CC(C)C)NC(=O)[C@H](Cc1ccccc1)NC(=O)[C@@H](Cc1ccccc1)NC(=O)CNC(=O)[C@@H](N)Cc1ccc(O)cc1)C(=O)N[C@@H](CCCN=C(N)N)C(=O)N1CCC[C@H]1C(=O)N[C@@H](CCCCN)C(N)=O. The van der Waals surface area contributed by atoms with Crippen molar-refractivity contribution in [3.63, 3.8) is 0 Å². The lowest BCUT2D eigenvalue weighted by Crippen LogP contribution is -2.61. The fourth-order valence-corrected chi connectivity index (χ4v) is 11.5. The molecule has 0 aliphatic carbocycles. The Morgan fingerprint density at radius 1 is 0.500 bits per heavy atom. The van der Waals surface area contributed by atoms with E-state index in [-0.39, 0.29) is 133 Å². The van der Waals surface area contributed by atoms with Crippen LogP contribution in [0.25, 0.3) is 0 Å². The molecule has 1 aliphatic heterocycles. The zero-order chi connectivity index (χ0) is 76.8. The number of rotatable bonds is 46. The lowest BCUT2D eigenvalue weighted by molar-refractivity contribution is -0.142. The summed E-state index contributed by atoms with van der Waals surface area (Å²) in [7, 11) is 0. The molecule has 1 saturated heterocycles. The van der Waals surface area contributed by atoms with E-state index in [0.29, 0.717) is 48.9 Å². The molecule has 0 bridgehead atoms. The summed E-state index contributed by atoms with van der Waals surface area (Å²) in [5.41, 5.74) is 53.1. The van der Waals surface area contributed by atoms with Gasteiger partial charge in [0.1, 0.15) is 60.1 Å². The van der Waals surface area contributed by atoms with Gasteiger partial charge in [-0.25, -0.2) is 0 Å². The van der Waals surface area contributed by atoms with Crippen molar-refractivity contribution in [2.24, 2.45) is 78.4 Å². The van der Waals surface area contributed by atoms with E-state index in [1.54, 1.807) is 100 Å². The summed E-state index contributed by atoms with van der Waals surface area (Å²) in [6.07, 6.45) is 2.33. The normalized spacial score (nSPS) is 15.4. The average molecular weight is 1450 g/mol. The highest BCUT2D eigenvalue weighted by Gasteiger charge is 2.41. The van der Waals surface area contributed by atoms with Gasteiger partial charge in [-0.1, -0.05) is 107 Å². The molecule has 0 unspecified atom stereocenters. The summed E-state index contributed by atoms with van der Waals surface area (Å²) in [5, 5.41) is 34.3. The second-order valence-corrected chi connectivity index (χ2v) is 26.3. The van der Waals surface area contributed by atoms with Gasteiger partial charge in [0.2, 0.25) is 65.0 Å². The van der Waals surface area contributed by atoms with Crippen LogP contribution in [-0.4, -0.2) is 193 Å². The Morgan fingerprint density at radius 3 is 1.43 bits per heavy atom. The zero-order valence-electron chi connectivity index (χ0n) is 60.0. The highest BCUT2D eigenvalue weighted by molar-refractivity contribution is 5.99. The fourth-order valence-electron chi connectivity index (χ4n) is 11.5. The van der Waals surface area contributed by atoms with Crippen molar-refractivity contribution < 1.29 is 57.8 Å². The second kappa shape index (κ2) is 45.4. The number of unbranched alkanes of at least 4 members (excludes halogenated alkanes) is 1. The third kappa shape index (κ3) is 31.3. The van der Waals surface area contributed by atoms with Crippen molar-refractivity contribution in [3.8, 4) is 5.75 Å². The number of phenolic OH excluding ortho intramolecular Hbond substituents is 1. The molecule has 34 heteroatoms. The van der Waals surface area contributed by atoms with Crippen molar-refractivity contribution in [1.29, 1.82) is 0 Å². The summed E-state index contributed by atoms with van der Waals surface area (Å²) in [6, 6.07) is 10.8. The van der Waals surface area contributed by atoms with Gasteiger partial charge >= 0.3 is 0 Å². The Hall–Kier alpha value is -10.6. The number of nitrogens with zero attached hydrogens (tertiary/aromatic N) is 4. The molecule has 1 aliphatic rings. The number of aromatic hydroxyl groups is 1. The molecular weight excluding hydrogens is 1340 g/mol. The minimum absolute atomic E-state index is 0.00181. The molecule has 34 nitrogen and oxygen atoms in total. The van der Waals surface area contributed by atoms with E-state index in [0.717, 1.165) is 0 Å². The molecular formula is C70H110N22O12. The quantitative estimate of drug-likeness (QED) is 0.0149. The Kier molecular flexibility index (Phi) is 37.4. The van der Waals surface area contributed by atoms with Crippen LogP contribution in [0.1, 0.15) is 128 Å². The molecule has 0 radical (unpaired) electrons. The number of carbonyl (C=O) groups excluding carboxylic acids is 11. The van der Waals surface area contributed by atoms with E-state index in [9.17, 15) is 57.8 Å². The van der Waals surface area contributed by atoms with Crippen LogP contribution >= 0.6 is 0 Å². The Bertz CT molecular complexity index is 3370. The highest BCUT2D eigenvalue weighted by Crippen LogP contribution is 2.22. The number of hydrogen-bond acceptors (Lipinski definition) is 17. The monoisotopic (exact) mass is 1450 g/mol. The molecule has 0 spiro atoms. The largest absolute Gasteiger partial charge is 0.508 e. The zero-order valence-corrected chi connectivity index (χ0v) is 60.0. The first-order valence-corrected chi connectivity index (χ1v) is 35.3. The Balaban J connectivity index is 1.65. The number of phenols is 1. The number of nitrogens with one attached hydrogen (secondary N) is 9. The number of primary amides is 1. The molecule has 0 aromatic heterocycles. The van der Waals surface area contributed by atoms with E-state index < -0.39 is 138 Å². The second-order valence-electron chi connectivity index (χ2n) is 26.3. The number of benzene rings is 3. The van der Waals surface area contributed by atoms with Crippen LogP contribution in [-0.2, 0) is 72.0 Å². The predicted octanol–water partition coefficient (Wildman–Crippen LogP) is -3.40. The smallest absolute Gasteiger partial charge is 0.245 e. The first-order chi connectivity index (χ1) is 49.5. The van der Waals surface area contributed by atoms with Crippen LogP contribution in [0.4, 0.5) is 0 Å². The number of nitrogens with two attached hydrogens (primary N) is 9. The summed E-state index contributed by atoms with van der Waals surface area (Å²) >= 11 is 0. The molecule has 11 amide bonds. The minimum Gasteiger partial charge on any atom is -0.508 e. The van der Waals surface area contributed by atoms with Crippen LogP contribution in [0, 0.1) is 11.8 Å². The van der Waals surface area contributed by atoms with E-state index in [2.05, 4.69) is 62.8 Å². The van der Waals surface area contributed by atoms with Crippen LogP contribution in [0.15, 0.2) is 99.9 Å². The van der Waals surface area contributed by atoms with Gasteiger partial charge in [-0.2, -0.15) is 0 Å². The van der Waals surface area contributed by atoms with Crippen molar-refractivity contribution in [3.05, 3.63) is 102 Å². The fraction of sp³-hybridized carbons (Fsp3) is 0.543. The van der Waals surface area contributed by atoms with Crippen molar-refractivity contribution >= 4 is 82.9 Å². The van der Waals surface area contributed by atoms with Gasteiger partial charge in [-0.3, -0.25) is 67.7 Å². The number of carbonyl (C=O) groups is 11. The average Bonchev–Trinajstić information content (AvgIpc) is 1.57. The summed E-state index contributed by atoms with van der Waals surface area (Å²) in [6.45, 7) is 7.04. The van der Waals surface area contributed by atoms with E-state index in [1.165, 1.54) is 17.0 Å². The van der Waals surface area contributed by atoms with E-state index in [1.807, 2.05) is 0 Å². The van der Waals surface area contributed by atoms with Crippen LogP contribution in [0.2, 0.25) is 0 Å². The third-order valence-electron chi connectivity index (χ3n) is 17.3. The first kappa shape index (κ1) is 85.8. The van der Waals surface area contributed by atoms with Crippen molar-refractivity contribution in [2.45, 2.75) is 191 Å². The van der Waals surface area contributed by atoms with Crippen LogP contribution < -0.4 is 99.5 Å². The summed E-state index contributed by atoms with van der Waals surface area (Å²) in [5.74, 6) is -9.93. The van der Waals surface area contributed by atoms with Gasteiger partial charge in [0.25, 0.3) is 0 Å². The maximum atomic E-state index is 14.9. The number of guanidine groups is 3. The van der Waals surface area contributed by atoms with Crippen LogP contribution in [0.5, 0.6) is 5.75 Å². The molecule has 104 heavy (non-hydrogen) atoms. The summed E-state index contributed by atoms with van der Waals surface area (Å²) in [4.78, 5) is 170. The molecule has 4 rings (SSSR count). The lowest BCUT2D eigenvalue weighted by Gasteiger charge is -2.32. The molecule has 572 valence electrons. The van der Waals surface area contributed by atoms with Gasteiger partial charge < -0.3 is 109 Å². The van der Waals surface area contributed by atoms with Gasteiger partial charge in [0.15, 0.2) is 17.9 Å². The maximum absolute atomic E-state index is 14.9. The molecule has 0 saturated carbocycles. The van der Waals surface area contributed by atoms with Crippen molar-refractivity contribution in [2.75, 3.05) is 39.3 Å². The molecule has 1 heterocycles. The Morgan fingerprint density at radius 2 is 0.942 bits per heavy atom. The van der Waals surface area contributed by atoms with E-state index >= 15 is 0 Å². The minimum atomic E-state index is -1.45. The van der Waals surface area contributed by atoms with Gasteiger partial charge in [-0.15, -0.1) is 0 Å². The summed E-state index contributed by atoms with van der Waals surface area (Å²) < 4.78 is 0. The molecule has 3 aromatic rings. The highest BCUT2D eigenvalue weighted by atomic mass is 16.3. The first-order valence-electron chi connectivity index (χ1n) is 35.3. The Labute approximate surface area is 607 Å². The number of aliphatic imine (C=N–C) groups is 3. The molecule has 11 atom stereocenters. The maximum Gasteiger partial charge on any atom is 0.245 e. The van der Waals surface area contributed by atoms with Gasteiger partial charge in [0.05, 0.1) is 12.6 Å². The third-order valence-corrected chi connectivity index (χ3v) is 17.3. The standard InChI is InChI=1S/C70H110N22O12/c1-5-42(4)57(66(103)88-51(25-16-34-82-70(78)79)67(104)92-35-17-26-55(92)65(102)85-48(58(73)95)22-12-13-31-71)91-61(98)50(24-15-33-81-69(76)77)86-60(97)49(23-14-32-80-68(74)75)87-62(99)52(36-41(2)3)89-64(101)54(39-44-20-10-7-11-21-44)90-63(100)53(38-43-18-8-6-9-19-43)84-56(94)40-83-59(96)47(72)37-45-27-29-46(93)30-28-45/h6-11,18-21,27-30,41-42,47-55,57,93H,5,12-17,22-26,31-40,71-72H2,1-4H3,(H2,73,95)(H,83,96)(H,84,94)(H,85,102)(H,86,97)(H,87,99)(H,88,103)(H,89,101)(H,90,100)(H,91,98)(H4,74,75,80)(H4,76,77,81)(H4,78,79,82)/t42-,47-,48-,49-,50-,51-,52-,53+,54-,55-,57-/m0/s1. The molecule has 28 N–H and O–H groups in total. The molecule has 1 fully saturated rings. The van der Waals surface area contributed by atoms with Crippen LogP contribution in [0.3, 0.4) is 0 Å². The predicted molar refractivity (Wildman–Crippen MR) is 394 cm³/mol. The van der Waals surface area contributed by atoms with Gasteiger partial charge in [0, 0.05) is 39.0 Å². The van der Waals surface area contributed by atoms with E-state index in [4.69, 9.17) is 51.6 Å². The number of amides is 11. The molecule has 3 aromatic carbocycles. The number of hydrogen-bond donors (Lipinski definition) is 19.